The van der Waals surface area contributed by atoms with Gasteiger partial charge in [-0.15, -0.1) is 0 Å². The van der Waals surface area contributed by atoms with Gasteiger partial charge < -0.3 is 5.32 Å². The van der Waals surface area contributed by atoms with E-state index in [2.05, 4.69) is 39.9 Å². The van der Waals surface area contributed by atoms with Crippen molar-refractivity contribution < 1.29 is 5.32 Å². The molecular formula is C8H20N+. The summed E-state index contributed by atoms with van der Waals surface area (Å²) in [5.41, 5.74) is 0.398. The van der Waals surface area contributed by atoms with Gasteiger partial charge in [-0.2, -0.15) is 0 Å². The van der Waals surface area contributed by atoms with Crippen LogP contribution in [0.25, 0.3) is 0 Å². The molecule has 0 saturated heterocycles. The Hall–Kier alpha value is -0.0400. The van der Waals surface area contributed by atoms with Crippen molar-refractivity contribution in [2.45, 2.75) is 52.6 Å². The van der Waals surface area contributed by atoms with E-state index in [1.54, 1.807) is 0 Å². The van der Waals surface area contributed by atoms with E-state index >= 15 is 0 Å². The summed E-state index contributed by atoms with van der Waals surface area (Å²) in [5.74, 6) is 0. The maximum atomic E-state index is 2.41. The Balaban J connectivity index is 3.47. The van der Waals surface area contributed by atoms with E-state index in [9.17, 15) is 0 Å². The third kappa shape index (κ3) is 5.84. The van der Waals surface area contributed by atoms with Crippen molar-refractivity contribution in [3.63, 3.8) is 0 Å². The number of nitrogens with two attached hydrogens (primary N) is 1. The molecule has 0 aromatic heterocycles. The van der Waals surface area contributed by atoms with Gasteiger partial charge in [-0.25, -0.2) is 0 Å². The number of rotatable bonds is 2. The van der Waals surface area contributed by atoms with E-state index in [1.165, 1.54) is 6.42 Å². The molecule has 1 unspecified atom stereocenters. The Morgan fingerprint density at radius 2 is 1.78 bits per heavy atom. The lowest BCUT2D eigenvalue weighted by Crippen LogP contribution is -2.98. The summed E-state index contributed by atoms with van der Waals surface area (Å²) in [4.78, 5) is 0. The predicted octanol–water partition coefficient (Wildman–Crippen LogP) is 1.15. The van der Waals surface area contributed by atoms with Crippen LogP contribution in [-0.2, 0) is 0 Å². The van der Waals surface area contributed by atoms with Gasteiger partial charge in [0, 0.05) is 0 Å². The lowest BCUT2D eigenvalue weighted by molar-refractivity contribution is -0.744. The molecule has 0 rings (SSSR count). The smallest absolute Gasteiger partial charge is 0.0878 e. The molecule has 9 heavy (non-hydrogen) atoms. The highest BCUT2D eigenvalue weighted by Crippen LogP contribution is 1.91. The molecule has 0 radical (unpaired) electrons. The molecule has 0 fully saturated rings. The van der Waals surface area contributed by atoms with Crippen LogP contribution < -0.4 is 5.32 Å². The van der Waals surface area contributed by atoms with Gasteiger partial charge in [0.05, 0.1) is 11.6 Å². The van der Waals surface area contributed by atoms with Gasteiger partial charge in [0.25, 0.3) is 0 Å². The molecule has 1 nitrogen and oxygen atoms in total. The molecule has 0 aliphatic rings. The van der Waals surface area contributed by atoms with Crippen molar-refractivity contribution in [2.24, 2.45) is 0 Å². The van der Waals surface area contributed by atoms with Gasteiger partial charge in [0.2, 0.25) is 0 Å². The summed E-state index contributed by atoms with van der Waals surface area (Å²) >= 11 is 0. The Morgan fingerprint density at radius 3 is 1.89 bits per heavy atom. The summed E-state index contributed by atoms with van der Waals surface area (Å²) in [7, 11) is 0. The van der Waals surface area contributed by atoms with Gasteiger partial charge in [0.1, 0.15) is 0 Å². The van der Waals surface area contributed by atoms with E-state index in [0.717, 1.165) is 6.04 Å². The average molecular weight is 130 g/mol. The number of hydrogen-bond donors (Lipinski definition) is 1. The molecule has 0 aromatic carbocycles. The van der Waals surface area contributed by atoms with Crippen LogP contribution in [0.1, 0.15) is 41.0 Å². The summed E-state index contributed by atoms with van der Waals surface area (Å²) in [5, 5.41) is 2.41. The fraction of sp³-hybridized carbons (Fsp3) is 1.00. The minimum Gasteiger partial charge on any atom is -0.340 e. The minimum atomic E-state index is 0.398. The van der Waals surface area contributed by atoms with Gasteiger partial charge in [0.15, 0.2) is 0 Å². The lowest BCUT2D eigenvalue weighted by Gasteiger charge is -2.21. The standard InChI is InChI=1S/C8H19N/c1-6-7(2)9-8(3,4)5/h7,9H,6H2,1-5H3/p+1. The lowest BCUT2D eigenvalue weighted by atomic mass is 10.1. The molecule has 1 atom stereocenters. The molecule has 0 aliphatic heterocycles. The fourth-order valence-electron chi connectivity index (χ4n) is 0.971. The maximum absolute atomic E-state index is 2.41. The van der Waals surface area contributed by atoms with Crippen LogP contribution in [0.4, 0.5) is 0 Å². The van der Waals surface area contributed by atoms with E-state index in [4.69, 9.17) is 0 Å². The van der Waals surface area contributed by atoms with Gasteiger partial charge >= 0.3 is 0 Å². The van der Waals surface area contributed by atoms with Gasteiger partial charge in [-0.3, -0.25) is 0 Å². The SMILES string of the molecule is CCC(C)[NH2+]C(C)(C)C. The Morgan fingerprint density at radius 1 is 1.33 bits per heavy atom. The number of quaternary nitrogens is 1. The number of hydrogen-bond acceptors (Lipinski definition) is 0. The zero-order valence-corrected chi connectivity index (χ0v) is 7.36. The zero-order chi connectivity index (χ0) is 7.49. The highest BCUT2D eigenvalue weighted by molar-refractivity contribution is 4.54. The summed E-state index contributed by atoms with van der Waals surface area (Å²) in [6.07, 6.45) is 1.26. The minimum absolute atomic E-state index is 0.398. The highest BCUT2D eigenvalue weighted by atomic mass is 15.0. The first-order valence-corrected chi connectivity index (χ1v) is 3.81. The topological polar surface area (TPSA) is 16.6 Å². The van der Waals surface area contributed by atoms with Crippen molar-refractivity contribution in [3.05, 3.63) is 0 Å². The molecule has 2 N–H and O–H groups in total. The molecule has 0 aromatic rings. The van der Waals surface area contributed by atoms with E-state index in [1.807, 2.05) is 0 Å². The second-order valence-electron chi connectivity index (χ2n) is 3.92. The molecule has 0 aliphatic carbocycles. The van der Waals surface area contributed by atoms with Gasteiger partial charge in [-0.05, 0) is 34.1 Å². The van der Waals surface area contributed by atoms with Crippen molar-refractivity contribution >= 4 is 0 Å². The van der Waals surface area contributed by atoms with Crippen LogP contribution in [0.3, 0.4) is 0 Å². The van der Waals surface area contributed by atoms with Crippen LogP contribution in [0.5, 0.6) is 0 Å². The van der Waals surface area contributed by atoms with Crippen LogP contribution >= 0.6 is 0 Å². The van der Waals surface area contributed by atoms with Crippen molar-refractivity contribution in [2.75, 3.05) is 0 Å². The molecule has 0 spiro atoms. The Bertz CT molecular complexity index is 71.1. The monoisotopic (exact) mass is 130 g/mol. The molecule has 0 heterocycles. The predicted molar refractivity (Wildman–Crippen MR) is 41.4 cm³/mol. The maximum Gasteiger partial charge on any atom is 0.0878 e. The second kappa shape index (κ2) is 3.21. The molecule has 0 bridgehead atoms. The second-order valence-corrected chi connectivity index (χ2v) is 3.92. The quantitative estimate of drug-likeness (QED) is 0.577. The summed E-state index contributed by atoms with van der Waals surface area (Å²) in [6.45, 7) is 11.2. The fourth-order valence-corrected chi connectivity index (χ4v) is 0.971. The molecule has 56 valence electrons. The van der Waals surface area contributed by atoms with E-state index in [-0.39, 0.29) is 0 Å². The summed E-state index contributed by atoms with van der Waals surface area (Å²) in [6, 6.07) is 0.769. The molecule has 0 amide bonds. The van der Waals surface area contributed by atoms with Crippen molar-refractivity contribution in [1.82, 2.24) is 0 Å². The van der Waals surface area contributed by atoms with Crippen LogP contribution in [0.15, 0.2) is 0 Å². The normalized spacial score (nSPS) is 15.7. The highest BCUT2D eigenvalue weighted by Gasteiger charge is 2.15. The first-order chi connectivity index (χ1) is 3.95. The Labute approximate surface area is 58.8 Å². The van der Waals surface area contributed by atoms with Gasteiger partial charge in [-0.1, -0.05) is 6.92 Å². The largest absolute Gasteiger partial charge is 0.340 e. The third-order valence-corrected chi connectivity index (χ3v) is 1.43. The van der Waals surface area contributed by atoms with Crippen molar-refractivity contribution in [1.29, 1.82) is 0 Å². The first-order valence-electron chi connectivity index (χ1n) is 3.81. The third-order valence-electron chi connectivity index (χ3n) is 1.43. The van der Waals surface area contributed by atoms with E-state index in [0.29, 0.717) is 5.54 Å². The van der Waals surface area contributed by atoms with Crippen molar-refractivity contribution in [3.8, 4) is 0 Å². The average Bonchev–Trinajstić information content (AvgIpc) is 1.62. The Kier molecular flexibility index (Phi) is 3.20. The molecule has 1 heteroatoms. The molecular weight excluding hydrogens is 110 g/mol. The van der Waals surface area contributed by atoms with Crippen LogP contribution in [0.2, 0.25) is 0 Å². The summed E-state index contributed by atoms with van der Waals surface area (Å²) < 4.78 is 0. The molecule has 0 saturated carbocycles. The van der Waals surface area contributed by atoms with Crippen LogP contribution in [0, 0.1) is 0 Å². The van der Waals surface area contributed by atoms with Crippen LogP contribution in [-0.4, -0.2) is 11.6 Å². The zero-order valence-electron chi connectivity index (χ0n) is 7.36. The first kappa shape index (κ1) is 8.96. The van der Waals surface area contributed by atoms with E-state index < -0.39 is 0 Å².